The van der Waals surface area contributed by atoms with Gasteiger partial charge in [-0.1, -0.05) is 102 Å². The summed E-state index contributed by atoms with van der Waals surface area (Å²) in [5.74, 6) is -1.78. The molecule has 5 aliphatic carbocycles. The lowest BCUT2D eigenvalue weighted by Crippen LogP contribution is -2.50. The summed E-state index contributed by atoms with van der Waals surface area (Å²) in [5.41, 5.74) is 3.15. The Labute approximate surface area is 799 Å². The first-order chi connectivity index (χ1) is 64.3. The highest BCUT2D eigenvalue weighted by Crippen LogP contribution is 2.56. The van der Waals surface area contributed by atoms with Crippen LogP contribution >= 0.6 is 0 Å². The number of allylic oxidation sites excluding steroid dienone is 1. The molecule has 1 N–H and O–H groups in total. The van der Waals surface area contributed by atoms with Crippen LogP contribution in [0.4, 0.5) is 0 Å². The minimum atomic E-state index is -1.08. The summed E-state index contributed by atoms with van der Waals surface area (Å²) >= 11 is 0. The van der Waals surface area contributed by atoms with Crippen molar-refractivity contribution in [2.75, 3.05) is 41.0 Å². The molecular weight excluding hydrogens is 1740 g/mol. The average Bonchev–Trinajstić information content (AvgIpc) is 1.60. The highest BCUT2D eigenvalue weighted by Gasteiger charge is 2.58. The van der Waals surface area contributed by atoms with E-state index in [1.54, 1.807) is 31.1 Å². The summed E-state index contributed by atoms with van der Waals surface area (Å²) < 4.78 is 65.8. The summed E-state index contributed by atoms with van der Waals surface area (Å²) in [6.07, 6.45) is 17.0. The number of aromatic nitrogens is 6. The molecule has 0 radical (unpaired) electrons. The molecule has 0 spiro atoms. The predicted octanol–water partition coefficient (Wildman–Crippen LogP) is 17.4. The Kier molecular flexibility index (Phi) is 29.5. The standard InChI is InChI=1S/C37H51N3O7.C36H49N3O7.C33H43N3O7/c1-9-23-29-19-40(32(23)35(43)47-37(5,6)7)34(42)25(36(2,3)4)18-30(41)45-28-16-21(28)12-10-11-20-15-24(20)31-33(46-29)39-27-17-22(44-8)13-14-26(27)38-31;1-9-23-29-20-39(31(23)34(42)46-36(5,6)7)33(41)24(35(2,3)4)19-30(40)44-28-17-21(28)13-11-10-12-14-26-32(45-29)38-27-18-22(43-8)15-16-25(27)37-26;1-6-20-26-16-36(29(20)32(39)40)31(38)22(33(2,3)4)15-27(37)42-25-13-18(25)9-7-8-17-12-21(17)28-30(43-26)35-24-14-19(41-5)10-11-23(24)34-28/h13-14,17,20-21,23-25,28-29,32H,9-12,15-16,18-19H2,1-8H3;12,14-16,18,21,23-24,28-29,31H,9-11,13,17,19-20H2,1-8H3;10-11,14,17-18,20-22,25-26,29H,6-9,12-13,15-16H2,1-5H3,(H,39,40)/b;14-12+;/t20?,21-,23-,24?,25-,28-,29+,32+;21-,23-,24-,28-,29+,31+;17?,18-,20-,21?,22-,25-,26+,29+/m111/s1. The zero-order chi connectivity index (χ0) is 97.9. The van der Waals surface area contributed by atoms with E-state index in [-0.39, 0.29) is 117 Å². The predicted molar refractivity (Wildman–Crippen MR) is 508 cm³/mol. The highest BCUT2D eigenvalue weighted by atomic mass is 16.6. The molecule has 17 rings (SSSR count). The van der Waals surface area contributed by atoms with Crippen molar-refractivity contribution >= 4 is 92.7 Å². The molecule has 738 valence electrons. The van der Waals surface area contributed by atoms with E-state index < -0.39 is 105 Å². The van der Waals surface area contributed by atoms with Crippen LogP contribution in [-0.4, -0.2) is 210 Å². The van der Waals surface area contributed by atoms with Crippen molar-refractivity contribution in [1.29, 1.82) is 0 Å². The zero-order valence-corrected chi connectivity index (χ0v) is 83.5. The lowest BCUT2D eigenvalue weighted by atomic mass is 9.77. The molecule has 6 bridgehead atoms. The third-order valence-electron chi connectivity index (χ3n) is 29.6. The van der Waals surface area contributed by atoms with Crippen LogP contribution in [0.3, 0.4) is 0 Å². The van der Waals surface area contributed by atoms with Gasteiger partial charge in [-0.2, -0.15) is 0 Å². The molecule has 4 unspecified atom stereocenters. The zero-order valence-electron chi connectivity index (χ0n) is 83.5. The van der Waals surface area contributed by atoms with Gasteiger partial charge in [-0.25, -0.2) is 44.3 Å². The highest BCUT2D eigenvalue weighted by molar-refractivity contribution is 5.92. The van der Waals surface area contributed by atoms with Crippen molar-refractivity contribution in [1.82, 2.24) is 44.6 Å². The maximum absolute atomic E-state index is 14.6. The summed E-state index contributed by atoms with van der Waals surface area (Å²) in [6.45, 7) is 34.6. The van der Waals surface area contributed by atoms with Gasteiger partial charge >= 0.3 is 35.8 Å². The van der Waals surface area contributed by atoms with Gasteiger partial charge in [-0.15, -0.1) is 0 Å². The summed E-state index contributed by atoms with van der Waals surface area (Å²) in [4.78, 5) is 158. The van der Waals surface area contributed by atoms with E-state index in [1.807, 2.05) is 185 Å². The molecule has 5 saturated carbocycles. The van der Waals surface area contributed by atoms with Gasteiger partial charge in [0.05, 0.1) is 111 Å². The second-order valence-electron chi connectivity index (χ2n) is 45.0. The van der Waals surface area contributed by atoms with Crippen LogP contribution in [0.15, 0.2) is 60.7 Å². The van der Waals surface area contributed by atoms with Gasteiger partial charge in [-0.05, 0) is 226 Å². The van der Waals surface area contributed by atoms with E-state index in [9.17, 15) is 48.3 Å². The van der Waals surface area contributed by atoms with Gasteiger partial charge < -0.3 is 71.9 Å². The lowest BCUT2D eigenvalue weighted by Gasteiger charge is -2.35. The fourth-order valence-electron chi connectivity index (χ4n) is 21.4. The molecule has 3 aromatic carbocycles. The quantitative estimate of drug-likeness (QED) is 0.104. The van der Waals surface area contributed by atoms with Gasteiger partial charge in [0.25, 0.3) is 0 Å². The van der Waals surface area contributed by atoms with Crippen LogP contribution in [0.25, 0.3) is 39.2 Å². The van der Waals surface area contributed by atoms with Crippen LogP contribution in [0.1, 0.15) is 282 Å². The van der Waals surface area contributed by atoms with Gasteiger partial charge in [-0.3, -0.25) is 28.8 Å². The Morgan fingerprint density at radius 1 is 0.390 bits per heavy atom. The number of esters is 5. The molecule has 6 aliphatic heterocycles. The molecule has 136 heavy (non-hydrogen) atoms. The number of nitrogens with zero attached hydrogens (tertiary/aromatic N) is 9. The Morgan fingerprint density at radius 2 is 0.713 bits per heavy atom. The molecule has 3 saturated heterocycles. The molecule has 11 aliphatic rings. The van der Waals surface area contributed by atoms with E-state index in [0.29, 0.717) is 112 Å². The maximum atomic E-state index is 14.6. The van der Waals surface area contributed by atoms with E-state index in [4.69, 9.17) is 82.0 Å². The first-order valence-corrected chi connectivity index (χ1v) is 49.7. The number of hydrogen-bond acceptors (Lipinski definition) is 26. The Morgan fingerprint density at radius 3 is 1.05 bits per heavy atom. The van der Waals surface area contributed by atoms with Crippen LogP contribution in [0, 0.1) is 81.3 Å². The van der Waals surface area contributed by atoms with Crippen LogP contribution < -0.4 is 28.4 Å². The average molecular weight is 1880 g/mol. The second kappa shape index (κ2) is 40.1. The second-order valence-corrected chi connectivity index (χ2v) is 45.0. The Balaban J connectivity index is 0.000000155. The third kappa shape index (κ3) is 23.2. The van der Waals surface area contributed by atoms with Crippen LogP contribution in [0.5, 0.6) is 34.9 Å². The van der Waals surface area contributed by atoms with Crippen LogP contribution in [0.2, 0.25) is 0 Å². The monoisotopic (exact) mass is 1880 g/mol. The number of ether oxygens (including phenoxy) is 11. The van der Waals surface area contributed by atoms with E-state index in [1.165, 1.54) is 4.90 Å². The number of amides is 3. The molecular formula is C106H143N9O21. The number of carbonyl (C=O) groups excluding carboxylic acids is 8. The van der Waals surface area contributed by atoms with E-state index in [2.05, 4.69) is 6.08 Å². The van der Waals surface area contributed by atoms with E-state index in [0.717, 1.165) is 112 Å². The molecule has 30 heteroatoms. The summed E-state index contributed by atoms with van der Waals surface area (Å²) in [7, 11) is 4.82. The number of rotatable bonds is 9. The van der Waals surface area contributed by atoms with Gasteiger partial charge in [0.2, 0.25) is 35.4 Å². The van der Waals surface area contributed by atoms with Crippen molar-refractivity contribution in [3.05, 3.63) is 77.8 Å². The smallest absolute Gasteiger partial charge is 0.329 e. The number of carboxylic acid groups (broad SMARTS) is 1. The third-order valence-corrected chi connectivity index (χ3v) is 29.6. The fraction of sp³-hybridized carbons (Fsp3) is 0.670. The van der Waals surface area contributed by atoms with Crippen molar-refractivity contribution in [2.45, 2.75) is 331 Å². The number of benzene rings is 3. The normalized spacial score (nSPS) is 30.8. The SMILES string of the molecule is CC[C@@H]1[C@@H]2CN(C(=O)[C@H](C(C)(C)C)CC(=O)O[C@@H]3C[C@H]3CCC/C=C/c3nc4ccc(OC)cc4nc3O2)[C@@H]1C(=O)OC(C)(C)C.CC[C@@H]1[C@@H]2CN(C(=O)[C@H](C(C)(C)C)CC(=O)O[C@@H]3C[C@H]3CCCC3CC3c3nc4ccc(OC)cc4nc3O2)[C@@H]1C(=O)O.CC[C@@H]1[C@@H]2CN(C(=O)[C@H](C(C)(C)C)CC(=O)O[C@@H]3C[C@H]3CCCC3CC3c3nc4ccc(OC)cc4nc3O2)[C@@H]1C(=O)OC(C)(C)C. The first-order valence-electron chi connectivity index (χ1n) is 49.7. The number of carbonyl (C=O) groups is 9. The molecule has 3 amide bonds. The van der Waals surface area contributed by atoms with Crippen LogP contribution in [-0.2, 0) is 66.8 Å². The van der Waals surface area contributed by atoms with Gasteiger partial charge in [0.1, 0.15) is 100 Å². The Bertz CT molecular complexity index is 5490. The van der Waals surface area contributed by atoms with Crippen molar-refractivity contribution in [3.8, 4) is 34.9 Å². The van der Waals surface area contributed by atoms with E-state index >= 15 is 0 Å². The largest absolute Gasteiger partial charge is 0.497 e. The van der Waals surface area contributed by atoms with Crippen molar-refractivity contribution in [2.24, 2.45) is 81.3 Å². The number of methoxy groups -OCH3 is 3. The molecule has 9 heterocycles. The maximum Gasteiger partial charge on any atom is 0.329 e. The number of fused-ring (bicyclic) bond motifs is 19. The number of carboxylic acids is 1. The number of hydrogen-bond donors (Lipinski definition) is 1. The summed E-state index contributed by atoms with van der Waals surface area (Å²) in [6, 6.07) is 13.9. The minimum absolute atomic E-state index is 0.0444. The van der Waals surface area contributed by atoms with Gasteiger partial charge in [0, 0.05) is 47.8 Å². The Hall–Kier alpha value is -10.6. The molecule has 30 nitrogen and oxygen atoms in total. The molecule has 6 aromatic rings. The first kappa shape index (κ1) is 99.9. The molecule has 8 fully saturated rings. The number of aliphatic carboxylic acids is 1. The topological polar surface area (TPSA) is 362 Å². The van der Waals surface area contributed by atoms with Crippen molar-refractivity contribution < 1.29 is 100 Å². The summed E-state index contributed by atoms with van der Waals surface area (Å²) in [5, 5.41) is 10.4. The molecule has 3 aromatic heterocycles. The van der Waals surface area contributed by atoms with Crippen molar-refractivity contribution in [3.63, 3.8) is 0 Å². The van der Waals surface area contributed by atoms with Gasteiger partial charge in [0.15, 0.2) is 0 Å². The minimum Gasteiger partial charge on any atom is -0.497 e. The lowest BCUT2D eigenvalue weighted by molar-refractivity contribution is -0.167. The fourth-order valence-corrected chi connectivity index (χ4v) is 21.4. The molecule has 22 atom stereocenters.